The monoisotopic (exact) mass is 361 g/mol. The normalized spacial score (nSPS) is 14.2. The van der Waals surface area contributed by atoms with E-state index in [4.69, 9.17) is 9.47 Å². The van der Waals surface area contributed by atoms with Gasteiger partial charge in [-0.25, -0.2) is 0 Å². The first-order chi connectivity index (χ1) is 12.7. The van der Waals surface area contributed by atoms with Gasteiger partial charge in [-0.3, -0.25) is 9.48 Å². The van der Waals surface area contributed by atoms with Crippen molar-refractivity contribution < 1.29 is 14.3 Å². The molecule has 0 saturated carbocycles. The topological polar surface area (TPSA) is 106 Å². The molecule has 0 aromatic carbocycles. The molecular formula is C16H23N7O3. The molecular weight excluding hydrogens is 338 g/mol. The third kappa shape index (κ3) is 4.39. The standard InChI is InChI=1S/C16H23N7O3/c1-22-11-13(16(21-22)25-2)15(24)18-4-3-17-14-9-12(10-19-20-14)23-5-7-26-8-6-23/h9-11H,3-8H2,1-2H3,(H,17,20)(H,18,24). The van der Waals surface area contributed by atoms with E-state index in [1.165, 1.54) is 7.11 Å². The number of rotatable bonds is 7. The Morgan fingerprint density at radius 3 is 2.92 bits per heavy atom. The minimum atomic E-state index is -0.232. The first-order valence-electron chi connectivity index (χ1n) is 8.42. The molecule has 0 atom stereocenters. The van der Waals surface area contributed by atoms with Gasteiger partial charge in [0.15, 0.2) is 5.82 Å². The Morgan fingerprint density at radius 2 is 2.15 bits per heavy atom. The van der Waals surface area contributed by atoms with Gasteiger partial charge < -0.3 is 25.0 Å². The third-order valence-corrected chi connectivity index (χ3v) is 3.97. The number of nitrogens with one attached hydrogen (secondary N) is 2. The van der Waals surface area contributed by atoms with Crippen LogP contribution in [0, 0.1) is 0 Å². The van der Waals surface area contributed by atoms with Crippen molar-refractivity contribution in [3.05, 3.63) is 24.0 Å². The van der Waals surface area contributed by atoms with Crippen molar-refractivity contribution in [1.82, 2.24) is 25.3 Å². The predicted molar refractivity (Wildman–Crippen MR) is 95.6 cm³/mol. The van der Waals surface area contributed by atoms with Crippen molar-refractivity contribution in [1.29, 1.82) is 0 Å². The molecule has 0 spiro atoms. The van der Waals surface area contributed by atoms with Gasteiger partial charge in [-0.05, 0) is 0 Å². The summed E-state index contributed by atoms with van der Waals surface area (Å²) in [6.07, 6.45) is 3.37. The van der Waals surface area contributed by atoms with Crippen molar-refractivity contribution in [2.24, 2.45) is 7.05 Å². The lowest BCUT2D eigenvalue weighted by atomic mass is 10.3. The summed E-state index contributed by atoms with van der Waals surface area (Å²) in [6.45, 7) is 4.07. The Bertz CT molecular complexity index is 743. The minimum Gasteiger partial charge on any atom is -0.479 e. The van der Waals surface area contributed by atoms with Crippen LogP contribution in [-0.4, -0.2) is 72.4 Å². The van der Waals surface area contributed by atoms with Crippen LogP contribution in [0.5, 0.6) is 5.88 Å². The number of aryl methyl sites for hydroxylation is 1. The second-order valence-corrected chi connectivity index (χ2v) is 5.81. The first-order valence-corrected chi connectivity index (χ1v) is 8.42. The van der Waals surface area contributed by atoms with Crippen molar-refractivity contribution >= 4 is 17.4 Å². The lowest BCUT2D eigenvalue weighted by Gasteiger charge is -2.28. The summed E-state index contributed by atoms with van der Waals surface area (Å²) in [7, 11) is 3.22. The number of morpholine rings is 1. The van der Waals surface area contributed by atoms with E-state index < -0.39 is 0 Å². The molecule has 0 radical (unpaired) electrons. The van der Waals surface area contributed by atoms with Gasteiger partial charge in [0.1, 0.15) is 5.56 Å². The number of hydrogen-bond donors (Lipinski definition) is 2. The van der Waals surface area contributed by atoms with Crippen LogP contribution in [0.1, 0.15) is 10.4 Å². The Balaban J connectivity index is 1.48. The molecule has 26 heavy (non-hydrogen) atoms. The SMILES string of the molecule is COc1nn(C)cc1C(=O)NCCNc1cc(N2CCOCC2)cnn1. The highest BCUT2D eigenvalue weighted by Crippen LogP contribution is 2.17. The maximum Gasteiger partial charge on any atom is 0.258 e. The molecule has 0 aliphatic carbocycles. The van der Waals surface area contributed by atoms with Crippen molar-refractivity contribution in [2.75, 3.05) is 56.7 Å². The van der Waals surface area contributed by atoms with Crippen molar-refractivity contribution in [2.45, 2.75) is 0 Å². The van der Waals surface area contributed by atoms with Crippen LogP contribution in [-0.2, 0) is 11.8 Å². The average molecular weight is 361 g/mol. The van der Waals surface area contributed by atoms with Crippen LogP contribution in [0.2, 0.25) is 0 Å². The number of methoxy groups -OCH3 is 1. The molecule has 2 N–H and O–H groups in total. The predicted octanol–water partition coefficient (Wildman–Crippen LogP) is -0.103. The van der Waals surface area contributed by atoms with Gasteiger partial charge in [0, 0.05) is 45.5 Å². The van der Waals surface area contributed by atoms with Crippen molar-refractivity contribution in [3.63, 3.8) is 0 Å². The Labute approximate surface area is 151 Å². The fourth-order valence-electron chi connectivity index (χ4n) is 2.67. The van der Waals surface area contributed by atoms with E-state index in [2.05, 4.69) is 30.8 Å². The number of nitrogens with zero attached hydrogens (tertiary/aromatic N) is 5. The number of amides is 1. The molecule has 0 bridgehead atoms. The van der Waals surface area contributed by atoms with E-state index >= 15 is 0 Å². The molecule has 1 amide bonds. The van der Waals surface area contributed by atoms with E-state index in [1.807, 2.05) is 6.07 Å². The maximum atomic E-state index is 12.2. The number of ether oxygens (including phenoxy) is 2. The van der Waals surface area contributed by atoms with Gasteiger partial charge >= 0.3 is 0 Å². The average Bonchev–Trinajstić information content (AvgIpc) is 3.07. The summed E-state index contributed by atoms with van der Waals surface area (Å²) in [5, 5.41) is 18.2. The number of hydrogen-bond acceptors (Lipinski definition) is 8. The van der Waals surface area contributed by atoms with Gasteiger partial charge in [0.05, 0.1) is 32.2 Å². The molecule has 0 unspecified atom stereocenters. The quantitative estimate of drug-likeness (QED) is 0.659. The van der Waals surface area contributed by atoms with Crippen LogP contribution in [0.15, 0.2) is 18.5 Å². The van der Waals surface area contributed by atoms with Crippen LogP contribution < -0.4 is 20.3 Å². The highest BCUT2D eigenvalue weighted by atomic mass is 16.5. The number of carbonyl (C=O) groups excluding carboxylic acids is 1. The number of carbonyl (C=O) groups is 1. The molecule has 10 nitrogen and oxygen atoms in total. The van der Waals surface area contributed by atoms with E-state index in [9.17, 15) is 4.79 Å². The largest absolute Gasteiger partial charge is 0.479 e. The second kappa shape index (κ2) is 8.48. The minimum absolute atomic E-state index is 0.232. The van der Waals surface area contributed by atoms with Gasteiger partial charge in [-0.1, -0.05) is 0 Å². The summed E-state index contributed by atoms with van der Waals surface area (Å²) in [4.78, 5) is 14.4. The summed E-state index contributed by atoms with van der Waals surface area (Å²) < 4.78 is 12.0. The van der Waals surface area contributed by atoms with Crippen LogP contribution in [0.25, 0.3) is 0 Å². The molecule has 1 fully saturated rings. The molecule has 1 aliphatic heterocycles. The van der Waals surface area contributed by atoms with Gasteiger partial charge in [0.2, 0.25) is 5.88 Å². The highest BCUT2D eigenvalue weighted by molar-refractivity contribution is 5.96. The molecule has 1 saturated heterocycles. The number of aromatic nitrogens is 4. The van der Waals surface area contributed by atoms with Gasteiger partial charge in [-0.2, -0.15) is 5.10 Å². The smallest absolute Gasteiger partial charge is 0.258 e. The van der Waals surface area contributed by atoms with Crippen molar-refractivity contribution in [3.8, 4) is 5.88 Å². The maximum absolute atomic E-state index is 12.2. The van der Waals surface area contributed by atoms with E-state index in [0.29, 0.717) is 30.4 Å². The van der Waals surface area contributed by atoms with Crippen LogP contribution >= 0.6 is 0 Å². The second-order valence-electron chi connectivity index (χ2n) is 5.81. The number of anilines is 2. The molecule has 3 heterocycles. The van der Waals surface area contributed by atoms with E-state index in [0.717, 1.165) is 32.0 Å². The molecule has 140 valence electrons. The van der Waals surface area contributed by atoms with Crippen LogP contribution in [0.4, 0.5) is 11.5 Å². The molecule has 3 rings (SSSR count). The van der Waals surface area contributed by atoms with E-state index in [1.54, 1.807) is 24.1 Å². The molecule has 1 aliphatic rings. The molecule has 2 aromatic heterocycles. The summed E-state index contributed by atoms with van der Waals surface area (Å²) in [5.74, 6) is 0.745. The van der Waals surface area contributed by atoms with Gasteiger partial charge in [-0.15, -0.1) is 10.2 Å². The Kier molecular flexibility index (Phi) is 5.84. The summed E-state index contributed by atoms with van der Waals surface area (Å²) in [6, 6.07) is 1.95. The zero-order valence-corrected chi connectivity index (χ0v) is 14.9. The Hall–Kier alpha value is -2.88. The lowest BCUT2D eigenvalue weighted by Crippen LogP contribution is -2.36. The fourth-order valence-corrected chi connectivity index (χ4v) is 2.67. The summed E-state index contributed by atoms with van der Waals surface area (Å²) in [5.41, 5.74) is 1.42. The zero-order valence-electron chi connectivity index (χ0n) is 14.9. The summed E-state index contributed by atoms with van der Waals surface area (Å²) >= 11 is 0. The molecule has 2 aromatic rings. The lowest BCUT2D eigenvalue weighted by molar-refractivity contribution is 0.0952. The molecule has 10 heteroatoms. The zero-order chi connectivity index (χ0) is 18.4. The fraction of sp³-hybridized carbons (Fsp3) is 0.500. The van der Waals surface area contributed by atoms with E-state index in [-0.39, 0.29) is 5.91 Å². The Morgan fingerprint density at radius 1 is 1.35 bits per heavy atom. The third-order valence-electron chi connectivity index (χ3n) is 3.97. The van der Waals surface area contributed by atoms with Crippen LogP contribution in [0.3, 0.4) is 0 Å². The highest BCUT2D eigenvalue weighted by Gasteiger charge is 2.16. The van der Waals surface area contributed by atoms with Gasteiger partial charge in [0.25, 0.3) is 5.91 Å². The first kappa shape index (κ1) is 17.9.